The molecule has 0 radical (unpaired) electrons. The van der Waals surface area contributed by atoms with Crippen molar-refractivity contribution in [2.75, 3.05) is 11.1 Å². The summed E-state index contributed by atoms with van der Waals surface area (Å²) in [5, 5.41) is 22.8. The van der Waals surface area contributed by atoms with Crippen LogP contribution < -0.4 is 5.32 Å². The molecule has 1 saturated carbocycles. The number of nitro benzene ring substituents is 1. The van der Waals surface area contributed by atoms with Gasteiger partial charge in [0.05, 0.1) is 23.5 Å². The largest absolute Gasteiger partial charge is 0.467 e. The number of thioether (sulfide) groups is 1. The molecule has 28 heavy (non-hydrogen) atoms. The molecule has 1 aliphatic carbocycles. The number of nitrogens with zero attached hydrogens (tertiary/aromatic N) is 4. The summed E-state index contributed by atoms with van der Waals surface area (Å²) in [4.78, 5) is 22.9. The molecule has 0 unspecified atom stereocenters. The number of carbonyl (C=O) groups is 1. The molecule has 2 aromatic heterocycles. The molecular formula is C18H17N5O4S. The zero-order valence-electron chi connectivity index (χ0n) is 14.8. The molecule has 4 rings (SSSR count). The molecule has 144 valence electrons. The topological polar surface area (TPSA) is 116 Å². The Bertz CT molecular complexity index is 997. The van der Waals surface area contributed by atoms with Crippen molar-refractivity contribution in [1.82, 2.24) is 14.8 Å². The van der Waals surface area contributed by atoms with Crippen LogP contribution in [0.25, 0.3) is 0 Å². The second kappa shape index (κ2) is 7.85. The standard InChI is InChI=1S/C18H17N5O4S/c24-16(19-14-5-1-2-6-15(14)23(25)26)11-28-18-21-20-17(12-7-8-12)22(18)10-13-4-3-9-27-13/h1-6,9,12H,7-8,10-11H2,(H,19,24). The van der Waals surface area contributed by atoms with Crippen molar-refractivity contribution in [3.8, 4) is 0 Å². The summed E-state index contributed by atoms with van der Waals surface area (Å²) in [6, 6.07) is 9.75. The van der Waals surface area contributed by atoms with Crippen LogP contribution >= 0.6 is 11.8 Å². The molecule has 0 bridgehead atoms. The summed E-state index contributed by atoms with van der Waals surface area (Å²) in [6.45, 7) is 0.500. The normalized spacial score (nSPS) is 13.4. The maximum absolute atomic E-state index is 12.3. The average molecular weight is 399 g/mol. The Hall–Kier alpha value is -3.14. The Kier molecular flexibility index (Phi) is 5.11. The molecule has 0 aliphatic heterocycles. The molecule has 9 nitrogen and oxygen atoms in total. The number of benzene rings is 1. The van der Waals surface area contributed by atoms with Gasteiger partial charge in [-0.05, 0) is 31.0 Å². The molecule has 1 N–H and O–H groups in total. The summed E-state index contributed by atoms with van der Waals surface area (Å²) >= 11 is 1.24. The van der Waals surface area contributed by atoms with E-state index in [4.69, 9.17) is 4.42 Å². The average Bonchev–Trinajstić information content (AvgIpc) is 3.24. The van der Waals surface area contributed by atoms with Crippen LogP contribution in [0.4, 0.5) is 11.4 Å². The minimum atomic E-state index is -0.523. The van der Waals surface area contributed by atoms with Gasteiger partial charge in [0, 0.05) is 12.0 Å². The van der Waals surface area contributed by atoms with E-state index >= 15 is 0 Å². The first-order valence-corrected chi connectivity index (χ1v) is 9.72. The third kappa shape index (κ3) is 4.06. The fraction of sp³-hybridized carbons (Fsp3) is 0.278. The van der Waals surface area contributed by atoms with Gasteiger partial charge in [-0.3, -0.25) is 19.5 Å². The van der Waals surface area contributed by atoms with E-state index in [9.17, 15) is 14.9 Å². The predicted octanol–water partition coefficient (Wildman–Crippen LogP) is 3.44. The number of amides is 1. The highest BCUT2D eigenvalue weighted by molar-refractivity contribution is 7.99. The number of hydrogen-bond donors (Lipinski definition) is 1. The van der Waals surface area contributed by atoms with E-state index in [-0.39, 0.29) is 23.0 Å². The van der Waals surface area contributed by atoms with Gasteiger partial charge in [-0.15, -0.1) is 10.2 Å². The summed E-state index contributed by atoms with van der Waals surface area (Å²) in [5.41, 5.74) is 0.0340. The monoisotopic (exact) mass is 399 g/mol. The highest BCUT2D eigenvalue weighted by Crippen LogP contribution is 2.40. The third-order valence-electron chi connectivity index (χ3n) is 4.29. The smallest absolute Gasteiger partial charge is 0.292 e. The molecular weight excluding hydrogens is 382 g/mol. The fourth-order valence-corrected chi connectivity index (χ4v) is 3.56. The molecule has 3 aromatic rings. The minimum absolute atomic E-state index is 0.0625. The van der Waals surface area contributed by atoms with E-state index in [2.05, 4.69) is 15.5 Å². The highest BCUT2D eigenvalue weighted by Gasteiger charge is 2.31. The Labute approximate surface area is 164 Å². The van der Waals surface area contributed by atoms with Crippen molar-refractivity contribution >= 4 is 29.0 Å². The van der Waals surface area contributed by atoms with Crippen molar-refractivity contribution in [1.29, 1.82) is 0 Å². The second-order valence-corrected chi connectivity index (χ2v) is 7.33. The Morgan fingerprint density at radius 1 is 1.29 bits per heavy atom. The van der Waals surface area contributed by atoms with Gasteiger partial charge in [-0.1, -0.05) is 23.9 Å². The first-order chi connectivity index (χ1) is 13.6. The number of nitro groups is 1. The number of carbonyl (C=O) groups excluding carboxylic acids is 1. The van der Waals surface area contributed by atoms with Crippen LogP contribution in [-0.2, 0) is 11.3 Å². The predicted molar refractivity (Wildman–Crippen MR) is 102 cm³/mol. The zero-order chi connectivity index (χ0) is 19.5. The van der Waals surface area contributed by atoms with E-state index in [0.29, 0.717) is 17.6 Å². The summed E-state index contributed by atoms with van der Waals surface area (Å²) in [5.74, 6) is 1.80. The van der Waals surface area contributed by atoms with Crippen molar-refractivity contribution < 1.29 is 14.1 Å². The van der Waals surface area contributed by atoms with Crippen LogP contribution in [0.15, 0.2) is 52.2 Å². The fourth-order valence-electron chi connectivity index (χ4n) is 2.81. The first-order valence-electron chi connectivity index (χ1n) is 8.73. The molecule has 1 fully saturated rings. The number of rotatable bonds is 8. The van der Waals surface area contributed by atoms with Gasteiger partial charge in [-0.25, -0.2) is 0 Å². The van der Waals surface area contributed by atoms with Crippen molar-refractivity contribution in [3.63, 3.8) is 0 Å². The van der Waals surface area contributed by atoms with E-state index in [0.717, 1.165) is 24.4 Å². The Balaban J connectivity index is 1.45. The lowest BCUT2D eigenvalue weighted by atomic mass is 10.2. The van der Waals surface area contributed by atoms with E-state index in [1.807, 2.05) is 16.7 Å². The molecule has 1 amide bonds. The summed E-state index contributed by atoms with van der Waals surface area (Å²) < 4.78 is 7.40. The van der Waals surface area contributed by atoms with Gasteiger partial charge in [0.2, 0.25) is 5.91 Å². The van der Waals surface area contributed by atoms with Crippen LogP contribution in [0.3, 0.4) is 0 Å². The lowest BCUT2D eigenvalue weighted by Gasteiger charge is -2.08. The van der Waals surface area contributed by atoms with Crippen LogP contribution in [0.5, 0.6) is 0 Å². The van der Waals surface area contributed by atoms with Crippen LogP contribution in [-0.4, -0.2) is 31.3 Å². The number of nitrogens with one attached hydrogen (secondary N) is 1. The lowest BCUT2D eigenvalue weighted by Crippen LogP contribution is -2.16. The maximum Gasteiger partial charge on any atom is 0.292 e. The molecule has 0 atom stereocenters. The molecule has 2 heterocycles. The number of para-hydroxylation sites is 2. The van der Waals surface area contributed by atoms with E-state index in [1.54, 1.807) is 18.4 Å². The Morgan fingerprint density at radius 2 is 2.11 bits per heavy atom. The SMILES string of the molecule is O=C(CSc1nnc(C2CC2)n1Cc1ccco1)Nc1ccccc1[N+](=O)[O-]. The van der Waals surface area contributed by atoms with Crippen LogP contribution in [0, 0.1) is 10.1 Å². The molecule has 0 saturated heterocycles. The van der Waals surface area contributed by atoms with Gasteiger partial charge in [0.15, 0.2) is 5.16 Å². The van der Waals surface area contributed by atoms with Gasteiger partial charge in [0.25, 0.3) is 5.69 Å². The summed E-state index contributed by atoms with van der Waals surface area (Å²) in [7, 11) is 0. The number of anilines is 1. The van der Waals surface area contributed by atoms with Crippen molar-refractivity contribution in [3.05, 3.63) is 64.4 Å². The molecule has 1 aliphatic rings. The number of aromatic nitrogens is 3. The number of furan rings is 1. The van der Waals surface area contributed by atoms with Crippen molar-refractivity contribution in [2.45, 2.75) is 30.5 Å². The highest BCUT2D eigenvalue weighted by atomic mass is 32.2. The van der Waals surface area contributed by atoms with Crippen LogP contribution in [0.1, 0.15) is 30.3 Å². The molecule has 10 heteroatoms. The number of hydrogen-bond acceptors (Lipinski definition) is 7. The maximum atomic E-state index is 12.3. The van der Waals surface area contributed by atoms with Gasteiger partial charge in [0.1, 0.15) is 17.3 Å². The summed E-state index contributed by atoms with van der Waals surface area (Å²) in [6.07, 6.45) is 3.78. The first kappa shape index (κ1) is 18.2. The van der Waals surface area contributed by atoms with Gasteiger partial charge in [-0.2, -0.15) is 0 Å². The van der Waals surface area contributed by atoms with Gasteiger partial charge >= 0.3 is 0 Å². The molecule has 0 spiro atoms. The van der Waals surface area contributed by atoms with E-state index in [1.165, 1.54) is 23.9 Å². The lowest BCUT2D eigenvalue weighted by molar-refractivity contribution is -0.383. The second-order valence-electron chi connectivity index (χ2n) is 6.39. The minimum Gasteiger partial charge on any atom is -0.467 e. The zero-order valence-corrected chi connectivity index (χ0v) is 15.6. The van der Waals surface area contributed by atoms with Gasteiger partial charge < -0.3 is 9.73 Å². The van der Waals surface area contributed by atoms with Crippen molar-refractivity contribution in [2.24, 2.45) is 0 Å². The Morgan fingerprint density at radius 3 is 2.82 bits per heavy atom. The third-order valence-corrected chi connectivity index (χ3v) is 5.26. The quantitative estimate of drug-likeness (QED) is 0.350. The van der Waals surface area contributed by atoms with Crippen LogP contribution in [0.2, 0.25) is 0 Å². The molecule has 1 aromatic carbocycles. The van der Waals surface area contributed by atoms with E-state index < -0.39 is 4.92 Å².